The van der Waals surface area contributed by atoms with E-state index in [0.717, 1.165) is 29.8 Å². The normalized spacial score (nSPS) is 15.1. The molecule has 1 aliphatic rings. The summed E-state index contributed by atoms with van der Waals surface area (Å²) in [5, 5.41) is 6.49. The number of methoxy groups -OCH3 is 1. The van der Waals surface area contributed by atoms with E-state index in [1.807, 2.05) is 30.3 Å². The van der Waals surface area contributed by atoms with Crippen molar-refractivity contribution in [1.29, 1.82) is 0 Å². The summed E-state index contributed by atoms with van der Waals surface area (Å²) in [5.41, 5.74) is 2.59. The summed E-state index contributed by atoms with van der Waals surface area (Å²) < 4.78 is 5.17. The van der Waals surface area contributed by atoms with Crippen molar-refractivity contribution in [1.82, 2.24) is 10.3 Å². The van der Waals surface area contributed by atoms with Gasteiger partial charge in [0.2, 0.25) is 0 Å². The van der Waals surface area contributed by atoms with E-state index in [4.69, 9.17) is 4.74 Å². The van der Waals surface area contributed by atoms with Crippen molar-refractivity contribution in [3.05, 3.63) is 53.9 Å². The van der Waals surface area contributed by atoms with Crippen LogP contribution >= 0.6 is 0 Å². The summed E-state index contributed by atoms with van der Waals surface area (Å²) in [7, 11) is 1.66. The summed E-state index contributed by atoms with van der Waals surface area (Å²) in [6.07, 6.45) is 10.5. The zero-order valence-corrected chi connectivity index (χ0v) is 15.3. The zero-order valence-electron chi connectivity index (χ0n) is 15.3. The third kappa shape index (κ3) is 5.22. The van der Waals surface area contributed by atoms with E-state index < -0.39 is 0 Å². The smallest absolute Gasteiger partial charge is 0.253 e. The minimum atomic E-state index is -0.0301. The molecular formula is C21H27N3O2. The van der Waals surface area contributed by atoms with Gasteiger partial charge >= 0.3 is 0 Å². The molecule has 0 spiro atoms. The molecule has 2 aromatic rings. The van der Waals surface area contributed by atoms with Gasteiger partial charge in [0.15, 0.2) is 0 Å². The van der Waals surface area contributed by atoms with Gasteiger partial charge in [-0.15, -0.1) is 0 Å². The highest BCUT2D eigenvalue weighted by Gasteiger charge is 2.16. The molecule has 0 radical (unpaired) electrons. The molecule has 1 aliphatic carbocycles. The Hall–Kier alpha value is -2.56. The minimum absolute atomic E-state index is 0.0301. The first kappa shape index (κ1) is 18.2. The van der Waals surface area contributed by atoms with Crippen LogP contribution in [0, 0.1) is 0 Å². The Morgan fingerprint density at radius 3 is 2.54 bits per heavy atom. The second-order valence-corrected chi connectivity index (χ2v) is 6.83. The van der Waals surface area contributed by atoms with E-state index in [-0.39, 0.29) is 5.91 Å². The van der Waals surface area contributed by atoms with Crippen molar-refractivity contribution >= 4 is 11.6 Å². The largest absolute Gasteiger partial charge is 0.497 e. The van der Waals surface area contributed by atoms with Gasteiger partial charge in [-0.25, -0.2) is 0 Å². The zero-order chi connectivity index (χ0) is 18.2. The molecule has 1 saturated carbocycles. The fourth-order valence-corrected chi connectivity index (χ4v) is 3.30. The molecular weight excluding hydrogens is 326 g/mol. The summed E-state index contributed by atoms with van der Waals surface area (Å²) in [6.45, 7) is 0.666. The van der Waals surface area contributed by atoms with E-state index in [1.165, 1.54) is 25.7 Å². The second kappa shape index (κ2) is 9.22. The van der Waals surface area contributed by atoms with Gasteiger partial charge in [-0.3, -0.25) is 9.78 Å². The maximum Gasteiger partial charge on any atom is 0.253 e. The van der Waals surface area contributed by atoms with E-state index >= 15 is 0 Å². The van der Waals surface area contributed by atoms with Gasteiger partial charge in [0, 0.05) is 25.0 Å². The van der Waals surface area contributed by atoms with Gasteiger partial charge in [-0.05, 0) is 36.6 Å². The number of nitrogens with one attached hydrogen (secondary N) is 2. The fourth-order valence-electron chi connectivity index (χ4n) is 3.30. The third-order valence-electron chi connectivity index (χ3n) is 4.85. The van der Waals surface area contributed by atoms with Crippen molar-refractivity contribution in [3.63, 3.8) is 0 Å². The number of amides is 1. The quantitative estimate of drug-likeness (QED) is 0.766. The van der Waals surface area contributed by atoms with Crippen LogP contribution in [-0.2, 0) is 6.54 Å². The second-order valence-electron chi connectivity index (χ2n) is 6.83. The number of hydrogen-bond acceptors (Lipinski definition) is 4. The summed E-state index contributed by atoms with van der Waals surface area (Å²) in [5.74, 6) is 0.810. The molecule has 0 bridgehead atoms. The highest BCUT2D eigenvalue weighted by molar-refractivity contribution is 5.94. The van der Waals surface area contributed by atoms with Gasteiger partial charge in [-0.1, -0.05) is 37.8 Å². The third-order valence-corrected chi connectivity index (χ3v) is 4.85. The van der Waals surface area contributed by atoms with Crippen LogP contribution in [0.25, 0.3) is 0 Å². The maximum atomic E-state index is 12.5. The average molecular weight is 353 g/mol. The lowest BCUT2D eigenvalue weighted by Crippen LogP contribution is -2.34. The first-order valence-corrected chi connectivity index (χ1v) is 9.37. The SMILES string of the molecule is COc1ccc(CNc2cncc(C(=O)NC3CCCCCC3)c2)cc1. The lowest BCUT2D eigenvalue weighted by atomic mass is 10.1. The molecule has 1 fully saturated rings. The Labute approximate surface area is 155 Å². The Morgan fingerprint density at radius 1 is 1.12 bits per heavy atom. The summed E-state index contributed by atoms with van der Waals surface area (Å²) >= 11 is 0. The molecule has 0 atom stereocenters. The van der Waals surface area contributed by atoms with Gasteiger partial charge in [-0.2, -0.15) is 0 Å². The standard InChI is InChI=1S/C21H27N3O2/c1-26-20-10-8-16(9-11-20)13-23-19-12-17(14-22-15-19)21(25)24-18-6-4-2-3-5-7-18/h8-12,14-15,18,23H,2-7,13H2,1H3,(H,24,25). The van der Waals surface area contributed by atoms with E-state index in [2.05, 4.69) is 15.6 Å². The van der Waals surface area contributed by atoms with Crippen LogP contribution < -0.4 is 15.4 Å². The number of ether oxygens (including phenoxy) is 1. The van der Waals surface area contributed by atoms with Gasteiger partial charge in [0.05, 0.1) is 18.4 Å². The highest BCUT2D eigenvalue weighted by atomic mass is 16.5. The van der Waals surface area contributed by atoms with Gasteiger partial charge in [0.1, 0.15) is 5.75 Å². The Morgan fingerprint density at radius 2 is 1.85 bits per heavy atom. The molecule has 3 rings (SSSR count). The number of anilines is 1. The molecule has 1 heterocycles. The van der Waals surface area contributed by atoms with E-state index in [0.29, 0.717) is 18.2 Å². The fraction of sp³-hybridized carbons (Fsp3) is 0.429. The topological polar surface area (TPSA) is 63.2 Å². The van der Waals surface area contributed by atoms with E-state index in [1.54, 1.807) is 19.5 Å². The highest BCUT2D eigenvalue weighted by Crippen LogP contribution is 2.18. The van der Waals surface area contributed by atoms with E-state index in [9.17, 15) is 4.79 Å². The molecule has 0 saturated heterocycles. The molecule has 5 heteroatoms. The predicted octanol–water partition coefficient (Wildman–Crippen LogP) is 4.15. The summed E-state index contributed by atoms with van der Waals surface area (Å²) in [6, 6.07) is 10.1. The van der Waals surface area contributed by atoms with Crippen molar-refractivity contribution in [2.24, 2.45) is 0 Å². The van der Waals surface area contributed by atoms with Crippen LogP contribution in [0.3, 0.4) is 0 Å². The number of nitrogens with zero attached hydrogens (tertiary/aromatic N) is 1. The van der Waals surface area contributed by atoms with Crippen molar-refractivity contribution < 1.29 is 9.53 Å². The summed E-state index contributed by atoms with van der Waals surface area (Å²) in [4.78, 5) is 16.7. The number of carbonyl (C=O) groups excluding carboxylic acids is 1. The monoisotopic (exact) mass is 353 g/mol. The number of aromatic nitrogens is 1. The van der Waals surface area contributed by atoms with Gasteiger partial charge in [0.25, 0.3) is 5.91 Å². The van der Waals surface area contributed by atoms with Crippen molar-refractivity contribution in [3.8, 4) is 5.75 Å². The Kier molecular flexibility index (Phi) is 6.47. The lowest BCUT2D eigenvalue weighted by Gasteiger charge is -2.16. The number of pyridine rings is 1. The molecule has 0 unspecified atom stereocenters. The molecule has 1 aromatic carbocycles. The first-order valence-electron chi connectivity index (χ1n) is 9.37. The molecule has 1 aromatic heterocycles. The van der Waals surface area contributed by atoms with Crippen molar-refractivity contribution in [2.45, 2.75) is 51.1 Å². The first-order chi connectivity index (χ1) is 12.7. The number of benzene rings is 1. The lowest BCUT2D eigenvalue weighted by molar-refractivity contribution is 0.0933. The predicted molar refractivity (Wildman–Crippen MR) is 104 cm³/mol. The number of rotatable bonds is 6. The molecule has 5 nitrogen and oxygen atoms in total. The van der Waals surface area contributed by atoms with Crippen LogP contribution in [0.1, 0.15) is 54.4 Å². The van der Waals surface area contributed by atoms with Crippen LogP contribution in [0.5, 0.6) is 5.75 Å². The molecule has 0 aliphatic heterocycles. The van der Waals surface area contributed by atoms with Crippen LogP contribution in [0.4, 0.5) is 5.69 Å². The maximum absolute atomic E-state index is 12.5. The Balaban J connectivity index is 1.57. The molecule has 2 N–H and O–H groups in total. The van der Waals surface area contributed by atoms with Crippen LogP contribution in [-0.4, -0.2) is 24.0 Å². The van der Waals surface area contributed by atoms with Crippen molar-refractivity contribution in [2.75, 3.05) is 12.4 Å². The molecule has 1 amide bonds. The molecule has 26 heavy (non-hydrogen) atoms. The van der Waals surface area contributed by atoms with Gasteiger partial charge < -0.3 is 15.4 Å². The van der Waals surface area contributed by atoms with Crippen LogP contribution in [0.2, 0.25) is 0 Å². The van der Waals surface area contributed by atoms with Crippen LogP contribution in [0.15, 0.2) is 42.7 Å². The Bertz CT molecular complexity index is 707. The minimum Gasteiger partial charge on any atom is -0.497 e. The number of hydrogen-bond donors (Lipinski definition) is 2. The molecule has 138 valence electrons. The number of carbonyl (C=O) groups is 1. The average Bonchev–Trinajstić information content (AvgIpc) is 2.95.